The van der Waals surface area contributed by atoms with Gasteiger partial charge in [0.15, 0.2) is 0 Å². The van der Waals surface area contributed by atoms with Crippen LogP contribution < -0.4 is 0 Å². The number of halogens is 3. The second-order valence-corrected chi connectivity index (χ2v) is 7.98. The van der Waals surface area contributed by atoms with Gasteiger partial charge in [0, 0.05) is 26.1 Å². The summed E-state index contributed by atoms with van der Waals surface area (Å²) in [7, 11) is 1.25. The number of hydrogen-bond acceptors (Lipinski definition) is 5. The maximum absolute atomic E-state index is 13.3. The molecule has 32 heavy (non-hydrogen) atoms. The number of hydrogen-bond donors (Lipinski definition) is 1. The summed E-state index contributed by atoms with van der Waals surface area (Å²) in [5.41, 5.74) is 0. The van der Waals surface area contributed by atoms with E-state index < -0.39 is 41.9 Å². The van der Waals surface area contributed by atoms with Crippen LogP contribution in [0, 0.1) is 5.92 Å². The van der Waals surface area contributed by atoms with E-state index in [-0.39, 0.29) is 51.7 Å². The molecule has 0 spiro atoms. The highest BCUT2D eigenvalue weighted by Crippen LogP contribution is 2.25. The summed E-state index contributed by atoms with van der Waals surface area (Å²) in [6, 6.07) is -1.26. The van der Waals surface area contributed by atoms with Gasteiger partial charge < -0.3 is 19.6 Å². The Morgan fingerprint density at radius 2 is 1.72 bits per heavy atom. The summed E-state index contributed by atoms with van der Waals surface area (Å²) < 4.78 is 44.5. The Balaban J connectivity index is 2.93. The molecule has 2 amide bonds. The summed E-state index contributed by atoms with van der Waals surface area (Å²) in [5.74, 6) is -4.60. The van der Waals surface area contributed by atoms with Gasteiger partial charge in [-0.05, 0) is 32.1 Å². The van der Waals surface area contributed by atoms with Gasteiger partial charge in [-0.25, -0.2) is 0 Å². The van der Waals surface area contributed by atoms with Crippen molar-refractivity contribution in [1.29, 1.82) is 0 Å². The minimum atomic E-state index is -5.12. The third-order valence-electron chi connectivity index (χ3n) is 5.66. The van der Waals surface area contributed by atoms with Gasteiger partial charge in [-0.15, -0.1) is 0 Å². The Morgan fingerprint density at radius 3 is 2.22 bits per heavy atom. The number of carboxylic acid groups (broad SMARTS) is 1. The van der Waals surface area contributed by atoms with Gasteiger partial charge in [0.05, 0.1) is 13.0 Å². The Bertz CT molecular complexity index is 648. The molecule has 0 aromatic carbocycles. The molecule has 1 rings (SSSR count). The number of carbonyl (C=O) groups excluding carboxylic acids is 3. The number of esters is 1. The number of alkyl halides is 3. The molecule has 0 aliphatic carbocycles. The number of methoxy groups -OCH3 is 1. The van der Waals surface area contributed by atoms with Crippen LogP contribution in [-0.2, 0) is 23.9 Å². The molecular weight excluding hydrogens is 433 g/mol. The molecular formula is C21H33F3N2O6. The molecule has 0 aromatic heterocycles. The van der Waals surface area contributed by atoms with Gasteiger partial charge in [0.2, 0.25) is 5.91 Å². The smallest absolute Gasteiger partial charge is 0.471 e. The topological polar surface area (TPSA) is 104 Å². The van der Waals surface area contributed by atoms with Crippen LogP contribution in [0.15, 0.2) is 0 Å². The van der Waals surface area contributed by atoms with E-state index in [2.05, 4.69) is 4.74 Å². The maximum atomic E-state index is 13.3. The molecule has 1 aliphatic rings. The lowest BCUT2D eigenvalue weighted by Crippen LogP contribution is -2.55. The maximum Gasteiger partial charge on any atom is 0.471 e. The zero-order chi connectivity index (χ0) is 24.3. The number of nitrogens with zero attached hydrogens (tertiary/aromatic N) is 2. The molecule has 1 heterocycles. The second-order valence-electron chi connectivity index (χ2n) is 7.98. The first-order valence-corrected chi connectivity index (χ1v) is 11.0. The van der Waals surface area contributed by atoms with Crippen LogP contribution >= 0.6 is 0 Å². The lowest BCUT2D eigenvalue weighted by atomic mass is 9.96. The average molecular weight is 466 g/mol. The largest absolute Gasteiger partial charge is 0.481 e. The molecule has 1 saturated heterocycles. The van der Waals surface area contributed by atoms with Crippen LogP contribution in [0.3, 0.4) is 0 Å². The molecule has 0 saturated carbocycles. The lowest BCUT2D eigenvalue weighted by Gasteiger charge is -2.37. The first kappa shape index (κ1) is 27.7. The van der Waals surface area contributed by atoms with Crippen molar-refractivity contribution in [3.8, 4) is 0 Å². The van der Waals surface area contributed by atoms with Crippen molar-refractivity contribution in [1.82, 2.24) is 9.80 Å². The average Bonchev–Trinajstić information content (AvgIpc) is 2.76. The third kappa shape index (κ3) is 8.66. The molecule has 1 N–H and O–H groups in total. The van der Waals surface area contributed by atoms with E-state index in [1.165, 1.54) is 12.0 Å². The van der Waals surface area contributed by atoms with E-state index in [0.717, 1.165) is 0 Å². The van der Waals surface area contributed by atoms with Crippen molar-refractivity contribution in [3.05, 3.63) is 0 Å². The minimum absolute atomic E-state index is 0.0954. The number of carboxylic acids is 1. The molecule has 1 fully saturated rings. The highest BCUT2D eigenvalue weighted by atomic mass is 19.4. The summed E-state index contributed by atoms with van der Waals surface area (Å²) in [6.45, 7) is 1.84. The Kier molecular flexibility index (Phi) is 11.5. The number of piperidine rings is 1. The van der Waals surface area contributed by atoms with E-state index in [9.17, 15) is 32.3 Å². The first-order valence-electron chi connectivity index (χ1n) is 11.0. The highest BCUT2D eigenvalue weighted by molar-refractivity contribution is 5.90. The second kappa shape index (κ2) is 13.3. The fourth-order valence-electron chi connectivity index (χ4n) is 3.76. The fraction of sp³-hybridized carbons (Fsp3) is 0.810. The molecule has 0 radical (unpaired) electrons. The van der Waals surface area contributed by atoms with Gasteiger partial charge in [0.25, 0.3) is 0 Å². The lowest BCUT2D eigenvalue weighted by molar-refractivity contribution is -0.189. The van der Waals surface area contributed by atoms with Gasteiger partial charge in [-0.2, -0.15) is 13.2 Å². The number of aliphatic carboxylic acids is 1. The van der Waals surface area contributed by atoms with E-state index >= 15 is 0 Å². The monoisotopic (exact) mass is 466 g/mol. The normalized spacial score (nSPS) is 15.8. The highest BCUT2D eigenvalue weighted by Gasteiger charge is 2.46. The number of rotatable bonds is 12. The van der Waals surface area contributed by atoms with Gasteiger partial charge >= 0.3 is 24.0 Å². The molecule has 1 atom stereocenters. The standard InChI is InChI=1S/C21H33F3N2O6/c1-3-4-8-16(18(28)25-13-10-15(11-14-25)19(29)30)26(20(31)21(22,23)24)12-7-5-6-9-17(27)32-2/h15-16H,3-14H2,1-2H3,(H,29,30). The Morgan fingerprint density at radius 1 is 1.09 bits per heavy atom. The van der Waals surface area contributed by atoms with Gasteiger partial charge in [-0.1, -0.05) is 26.2 Å². The molecule has 184 valence electrons. The number of amides is 2. The Hall–Kier alpha value is -2.33. The van der Waals surface area contributed by atoms with Crippen molar-refractivity contribution in [3.63, 3.8) is 0 Å². The molecule has 8 nitrogen and oxygen atoms in total. The van der Waals surface area contributed by atoms with Crippen LogP contribution in [0.5, 0.6) is 0 Å². The van der Waals surface area contributed by atoms with Crippen molar-refractivity contribution in [2.75, 3.05) is 26.7 Å². The number of likely N-dealkylation sites (tertiary alicyclic amines) is 1. The number of carbonyl (C=O) groups is 4. The first-order chi connectivity index (χ1) is 15.0. The summed E-state index contributed by atoms with van der Waals surface area (Å²) in [6.07, 6.45) is -2.34. The zero-order valence-electron chi connectivity index (χ0n) is 18.7. The van der Waals surface area contributed by atoms with Crippen molar-refractivity contribution < 1.29 is 42.2 Å². The van der Waals surface area contributed by atoms with Crippen LogP contribution in [0.25, 0.3) is 0 Å². The van der Waals surface area contributed by atoms with E-state index in [1.807, 2.05) is 6.92 Å². The molecule has 0 aromatic rings. The van der Waals surface area contributed by atoms with Crippen molar-refractivity contribution in [2.45, 2.75) is 76.9 Å². The van der Waals surface area contributed by atoms with E-state index in [4.69, 9.17) is 5.11 Å². The number of unbranched alkanes of at least 4 members (excludes halogenated alkanes) is 3. The van der Waals surface area contributed by atoms with Crippen LogP contribution in [0.2, 0.25) is 0 Å². The van der Waals surface area contributed by atoms with Crippen LogP contribution in [0.4, 0.5) is 13.2 Å². The van der Waals surface area contributed by atoms with E-state index in [0.29, 0.717) is 30.6 Å². The van der Waals surface area contributed by atoms with Crippen LogP contribution in [0.1, 0.15) is 64.7 Å². The van der Waals surface area contributed by atoms with Gasteiger partial charge in [-0.3, -0.25) is 19.2 Å². The van der Waals surface area contributed by atoms with Crippen molar-refractivity contribution in [2.24, 2.45) is 5.92 Å². The summed E-state index contributed by atoms with van der Waals surface area (Å²) >= 11 is 0. The Labute approximate surface area is 186 Å². The van der Waals surface area contributed by atoms with E-state index in [1.54, 1.807) is 0 Å². The van der Waals surface area contributed by atoms with Crippen LogP contribution in [-0.4, -0.2) is 77.6 Å². The summed E-state index contributed by atoms with van der Waals surface area (Å²) in [5, 5.41) is 9.12. The zero-order valence-corrected chi connectivity index (χ0v) is 18.7. The minimum Gasteiger partial charge on any atom is -0.481 e. The third-order valence-corrected chi connectivity index (χ3v) is 5.66. The molecule has 11 heteroatoms. The quantitative estimate of drug-likeness (QED) is 0.350. The predicted molar refractivity (Wildman–Crippen MR) is 109 cm³/mol. The van der Waals surface area contributed by atoms with Gasteiger partial charge in [0.1, 0.15) is 6.04 Å². The predicted octanol–water partition coefficient (Wildman–Crippen LogP) is 2.99. The fourth-order valence-corrected chi connectivity index (χ4v) is 3.76. The number of ether oxygens (including phenoxy) is 1. The molecule has 1 unspecified atom stereocenters. The SMILES string of the molecule is CCCCC(C(=O)N1CCC(C(=O)O)CC1)N(CCCCCC(=O)OC)C(=O)C(F)(F)F. The molecule has 1 aliphatic heterocycles. The molecule has 0 bridgehead atoms. The van der Waals surface area contributed by atoms with Crippen molar-refractivity contribution >= 4 is 23.8 Å². The summed E-state index contributed by atoms with van der Waals surface area (Å²) in [4.78, 5) is 49.6.